The number of hydrogen-bond acceptors (Lipinski definition) is 5. The molecule has 0 saturated carbocycles. The van der Waals surface area contributed by atoms with Crippen LogP contribution in [0.3, 0.4) is 0 Å². The number of aliphatic hydroxyl groups is 1. The third-order valence-corrected chi connectivity index (χ3v) is 3.26. The van der Waals surface area contributed by atoms with Gasteiger partial charge in [0.15, 0.2) is 6.10 Å². The van der Waals surface area contributed by atoms with Gasteiger partial charge in [0.1, 0.15) is 4.99 Å². The second-order valence-electron chi connectivity index (χ2n) is 3.83. The van der Waals surface area contributed by atoms with Gasteiger partial charge in [-0.05, 0) is 5.56 Å². The zero-order valence-electron chi connectivity index (χ0n) is 10.5. The third-order valence-electron chi connectivity index (χ3n) is 2.39. The summed E-state index contributed by atoms with van der Waals surface area (Å²) in [6, 6.07) is 9.69. The lowest BCUT2D eigenvalue weighted by molar-refractivity contribution is -0.149. The predicted octanol–water partition coefficient (Wildman–Crippen LogP) is 1.05. The van der Waals surface area contributed by atoms with Crippen LogP contribution in [0, 0.1) is 0 Å². The molecule has 0 aliphatic rings. The molecule has 0 aliphatic carbocycles. The van der Waals surface area contributed by atoms with Crippen molar-refractivity contribution in [2.75, 3.05) is 13.7 Å². The largest absolute Gasteiger partial charge is 0.467 e. The van der Waals surface area contributed by atoms with E-state index in [1.54, 1.807) is 0 Å². The minimum absolute atomic E-state index is 0.0135. The van der Waals surface area contributed by atoms with Gasteiger partial charge in [-0.2, -0.15) is 0 Å². The van der Waals surface area contributed by atoms with Crippen molar-refractivity contribution in [3.05, 3.63) is 35.9 Å². The summed E-state index contributed by atoms with van der Waals surface area (Å²) in [6.45, 7) is -0.0135. The van der Waals surface area contributed by atoms with E-state index in [9.17, 15) is 9.90 Å². The summed E-state index contributed by atoms with van der Waals surface area (Å²) in [5, 5.41) is 12.2. The highest BCUT2D eigenvalue weighted by molar-refractivity contribution is 7.89. The zero-order chi connectivity index (χ0) is 14.3. The Kier molecular flexibility index (Phi) is 6.55. The van der Waals surface area contributed by atoms with E-state index in [0.29, 0.717) is 16.3 Å². The number of ether oxygens (including phenoxy) is 1. The normalized spacial score (nSPS) is 11.5. The average Bonchev–Trinajstić information content (AvgIpc) is 2.44. The number of carbonyl (C=O) groups is 1. The van der Waals surface area contributed by atoms with E-state index in [4.69, 9.17) is 24.4 Å². The van der Waals surface area contributed by atoms with E-state index in [2.05, 4.69) is 10.1 Å². The highest BCUT2D eigenvalue weighted by atomic mass is 32.1. The van der Waals surface area contributed by atoms with E-state index in [1.807, 2.05) is 30.3 Å². The van der Waals surface area contributed by atoms with E-state index < -0.39 is 12.1 Å². The maximum atomic E-state index is 11.0. The molecule has 102 valence electrons. The van der Waals surface area contributed by atoms with Crippen LogP contribution in [0.4, 0.5) is 0 Å². The monoisotopic (exact) mass is 297 g/mol. The lowest BCUT2D eigenvalue weighted by atomic mass is 10.1. The molecular weight excluding hydrogens is 282 g/mol. The molecule has 1 atom stereocenters. The number of thiocarbonyl (C=S) groups is 2. The van der Waals surface area contributed by atoms with Gasteiger partial charge < -0.3 is 15.2 Å². The molecule has 0 aromatic heterocycles. The van der Waals surface area contributed by atoms with Gasteiger partial charge in [-0.3, -0.25) is 0 Å². The zero-order valence-corrected chi connectivity index (χ0v) is 12.1. The average molecular weight is 297 g/mol. The number of hydrogen-bond donors (Lipinski definition) is 2. The van der Waals surface area contributed by atoms with E-state index >= 15 is 0 Å². The van der Waals surface area contributed by atoms with Crippen molar-refractivity contribution >= 4 is 40.3 Å². The predicted molar refractivity (Wildman–Crippen MR) is 81.4 cm³/mol. The van der Waals surface area contributed by atoms with Crippen LogP contribution in [0.25, 0.3) is 0 Å². The summed E-state index contributed by atoms with van der Waals surface area (Å²) >= 11 is 10.3. The van der Waals surface area contributed by atoms with Gasteiger partial charge in [0.05, 0.1) is 18.5 Å². The molecule has 4 nitrogen and oxygen atoms in total. The second-order valence-corrected chi connectivity index (χ2v) is 4.74. The molecule has 1 aromatic rings. The summed E-state index contributed by atoms with van der Waals surface area (Å²) in [5.74, 6) is -0.704. The van der Waals surface area contributed by atoms with Crippen LogP contribution < -0.4 is 5.32 Å². The van der Waals surface area contributed by atoms with Crippen molar-refractivity contribution in [2.45, 2.75) is 12.5 Å². The third kappa shape index (κ3) is 5.42. The van der Waals surface area contributed by atoms with Crippen molar-refractivity contribution < 1.29 is 14.6 Å². The number of nitrogens with one attached hydrogen (secondary N) is 1. The number of aliphatic hydroxyl groups excluding tert-OH is 1. The quantitative estimate of drug-likeness (QED) is 0.605. The molecule has 0 fully saturated rings. The molecule has 0 bridgehead atoms. The van der Waals surface area contributed by atoms with Crippen LogP contribution in [0.5, 0.6) is 0 Å². The molecule has 19 heavy (non-hydrogen) atoms. The molecule has 6 heteroatoms. The number of benzene rings is 1. The maximum absolute atomic E-state index is 11.0. The van der Waals surface area contributed by atoms with Crippen molar-refractivity contribution in [3.8, 4) is 0 Å². The Labute approximate surface area is 122 Å². The molecule has 1 rings (SSSR count). The molecule has 0 radical (unpaired) electrons. The molecule has 0 saturated heterocycles. The molecule has 0 amide bonds. The fraction of sp³-hybridized carbons (Fsp3) is 0.308. The van der Waals surface area contributed by atoms with E-state index in [1.165, 1.54) is 7.11 Å². The Bertz CT molecular complexity index is 462. The van der Waals surface area contributed by atoms with Gasteiger partial charge in [-0.1, -0.05) is 54.8 Å². The first-order valence-electron chi connectivity index (χ1n) is 5.65. The van der Waals surface area contributed by atoms with Crippen LogP contribution in [0.15, 0.2) is 30.3 Å². The summed E-state index contributed by atoms with van der Waals surface area (Å²) in [7, 11) is 1.21. The van der Waals surface area contributed by atoms with Gasteiger partial charge in [0, 0.05) is 6.42 Å². The van der Waals surface area contributed by atoms with Crippen molar-refractivity contribution in [1.82, 2.24) is 5.32 Å². The van der Waals surface area contributed by atoms with Crippen LogP contribution in [-0.2, 0) is 16.0 Å². The van der Waals surface area contributed by atoms with Crippen molar-refractivity contribution in [3.63, 3.8) is 0 Å². The SMILES string of the molecule is COC(=O)C(O)CNC(=S)C(=S)Cc1ccccc1. The number of rotatable bonds is 6. The maximum Gasteiger partial charge on any atom is 0.336 e. The second kappa shape index (κ2) is 7.93. The van der Waals surface area contributed by atoms with Crippen LogP contribution in [0.1, 0.15) is 5.56 Å². The lowest BCUT2D eigenvalue weighted by Gasteiger charge is -2.12. The minimum Gasteiger partial charge on any atom is -0.467 e. The molecule has 0 aliphatic heterocycles. The van der Waals surface area contributed by atoms with Gasteiger partial charge in [-0.25, -0.2) is 4.79 Å². The van der Waals surface area contributed by atoms with Gasteiger partial charge in [0.25, 0.3) is 0 Å². The van der Waals surface area contributed by atoms with Crippen LogP contribution in [-0.4, -0.2) is 40.7 Å². The summed E-state index contributed by atoms with van der Waals surface area (Å²) in [6.07, 6.45) is -0.696. The van der Waals surface area contributed by atoms with Gasteiger partial charge in [0.2, 0.25) is 0 Å². The van der Waals surface area contributed by atoms with Gasteiger partial charge >= 0.3 is 5.97 Å². The standard InChI is InChI=1S/C13H15NO3S2/c1-17-13(16)10(15)8-14-12(19)11(18)7-9-5-3-2-4-6-9/h2-6,10,15H,7-8H2,1H3,(H,14,19). The van der Waals surface area contributed by atoms with E-state index in [0.717, 1.165) is 5.56 Å². The highest BCUT2D eigenvalue weighted by Gasteiger charge is 2.16. The Morgan fingerprint density at radius 2 is 2.00 bits per heavy atom. The molecule has 2 N–H and O–H groups in total. The number of carbonyl (C=O) groups excluding carboxylic acids is 1. The number of methoxy groups -OCH3 is 1. The summed E-state index contributed by atoms with van der Waals surface area (Å²) < 4.78 is 4.40. The Hall–Kier alpha value is -1.37. The number of esters is 1. The molecular formula is C13H15NO3S2. The fourth-order valence-electron chi connectivity index (χ4n) is 1.37. The molecule has 1 aromatic carbocycles. The molecule has 1 unspecified atom stereocenters. The van der Waals surface area contributed by atoms with E-state index in [-0.39, 0.29) is 6.54 Å². The van der Waals surface area contributed by atoms with Crippen molar-refractivity contribution in [2.24, 2.45) is 0 Å². The van der Waals surface area contributed by atoms with Crippen molar-refractivity contribution in [1.29, 1.82) is 0 Å². The Morgan fingerprint density at radius 1 is 1.37 bits per heavy atom. The van der Waals surface area contributed by atoms with Crippen LogP contribution in [0.2, 0.25) is 0 Å². The first-order chi connectivity index (χ1) is 9.04. The first-order valence-corrected chi connectivity index (χ1v) is 6.47. The topological polar surface area (TPSA) is 58.6 Å². The lowest BCUT2D eigenvalue weighted by Crippen LogP contribution is -2.39. The minimum atomic E-state index is -1.25. The Balaban J connectivity index is 2.41. The highest BCUT2D eigenvalue weighted by Crippen LogP contribution is 2.02. The smallest absolute Gasteiger partial charge is 0.336 e. The fourth-order valence-corrected chi connectivity index (χ4v) is 1.76. The van der Waals surface area contributed by atoms with Gasteiger partial charge in [-0.15, -0.1) is 0 Å². The molecule has 0 heterocycles. The Morgan fingerprint density at radius 3 is 2.58 bits per heavy atom. The van der Waals surface area contributed by atoms with Crippen LogP contribution >= 0.6 is 24.4 Å². The summed E-state index contributed by atoms with van der Waals surface area (Å²) in [5.41, 5.74) is 1.06. The summed E-state index contributed by atoms with van der Waals surface area (Å²) in [4.78, 5) is 11.9. The molecule has 0 spiro atoms. The first kappa shape index (κ1) is 15.7.